The quantitative estimate of drug-likeness (QED) is 0.870. The van der Waals surface area contributed by atoms with Crippen molar-refractivity contribution in [1.82, 2.24) is 9.38 Å². The second kappa shape index (κ2) is 3.48. The summed E-state index contributed by atoms with van der Waals surface area (Å²) < 4.78 is 1.60. The first-order chi connectivity index (χ1) is 8.49. The topological polar surface area (TPSA) is 66.6 Å². The number of fused-ring (bicyclic) bond motifs is 1. The molecule has 2 heterocycles. The van der Waals surface area contributed by atoms with Gasteiger partial charge < -0.3 is 10.4 Å². The van der Waals surface area contributed by atoms with Crippen LogP contribution in [0.5, 0.6) is 0 Å². The maximum atomic E-state index is 11.4. The fourth-order valence-corrected chi connectivity index (χ4v) is 2.18. The molecule has 1 saturated carbocycles. The fourth-order valence-electron chi connectivity index (χ4n) is 2.18. The third-order valence-corrected chi connectivity index (χ3v) is 3.56. The first-order valence-electron chi connectivity index (χ1n) is 5.96. The molecule has 1 aliphatic carbocycles. The number of imidazole rings is 1. The standard InChI is InChI=1S/C13H15N3O2/c1-13(2)7-8(13)14-11-10(12(17)18)16-6-4-3-5-9(16)15-11/h3-6,8,14H,7H2,1-2H3,(H,17,18). The summed E-state index contributed by atoms with van der Waals surface area (Å²) in [6.07, 6.45) is 2.76. The minimum absolute atomic E-state index is 0.202. The highest BCUT2D eigenvalue weighted by atomic mass is 16.4. The molecule has 0 aliphatic heterocycles. The summed E-state index contributed by atoms with van der Waals surface area (Å²) in [4.78, 5) is 15.7. The van der Waals surface area contributed by atoms with Crippen molar-refractivity contribution in [1.29, 1.82) is 0 Å². The Hall–Kier alpha value is -2.04. The van der Waals surface area contributed by atoms with Gasteiger partial charge in [0.15, 0.2) is 11.5 Å². The largest absolute Gasteiger partial charge is 0.476 e. The Balaban J connectivity index is 2.05. The molecular formula is C13H15N3O2. The van der Waals surface area contributed by atoms with Gasteiger partial charge in [-0.1, -0.05) is 19.9 Å². The lowest BCUT2D eigenvalue weighted by Gasteiger charge is -2.06. The maximum Gasteiger partial charge on any atom is 0.356 e. The van der Waals surface area contributed by atoms with Crippen molar-refractivity contribution >= 4 is 17.4 Å². The molecule has 3 rings (SSSR count). The van der Waals surface area contributed by atoms with E-state index >= 15 is 0 Å². The second-order valence-electron chi connectivity index (χ2n) is 5.43. The predicted octanol–water partition coefficient (Wildman–Crippen LogP) is 2.24. The molecule has 1 unspecified atom stereocenters. The van der Waals surface area contributed by atoms with Gasteiger partial charge in [0, 0.05) is 12.2 Å². The molecule has 2 aromatic rings. The van der Waals surface area contributed by atoms with Crippen molar-refractivity contribution in [3.05, 3.63) is 30.1 Å². The molecule has 94 valence electrons. The van der Waals surface area contributed by atoms with Crippen LogP contribution in [0.2, 0.25) is 0 Å². The van der Waals surface area contributed by atoms with E-state index in [9.17, 15) is 9.90 Å². The van der Waals surface area contributed by atoms with Gasteiger partial charge in [-0.25, -0.2) is 9.78 Å². The van der Waals surface area contributed by atoms with E-state index in [0.717, 1.165) is 6.42 Å². The molecule has 5 nitrogen and oxygen atoms in total. The van der Waals surface area contributed by atoms with E-state index in [2.05, 4.69) is 24.1 Å². The number of aromatic carboxylic acids is 1. The summed E-state index contributed by atoms with van der Waals surface area (Å²) in [6.45, 7) is 4.31. The molecule has 5 heteroatoms. The third-order valence-electron chi connectivity index (χ3n) is 3.56. The molecule has 1 fully saturated rings. The molecular weight excluding hydrogens is 230 g/mol. The zero-order valence-electron chi connectivity index (χ0n) is 10.3. The normalized spacial score (nSPS) is 20.9. The summed E-state index contributed by atoms with van der Waals surface area (Å²) in [5.41, 5.74) is 1.08. The Kier molecular flexibility index (Phi) is 2.14. The van der Waals surface area contributed by atoms with Gasteiger partial charge in [-0.05, 0) is 24.0 Å². The molecule has 0 aromatic carbocycles. The molecule has 2 N–H and O–H groups in total. The summed E-state index contributed by atoms with van der Waals surface area (Å²) in [5.74, 6) is -0.501. The monoisotopic (exact) mass is 245 g/mol. The van der Waals surface area contributed by atoms with Crippen molar-refractivity contribution < 1.29 is 9.90 Å². The molecule has 1 atom stereocenters. The fraction of sp³-hybridized carbons (Fsp3) is 0.385. The van der Waals surface area contributed by atoms with Gasteiger partial charge >= 0.3 is 5.97 Å². The van der Waals surface area contributed by atoms with Crippen molar-refractivity contribution in [3.8, 4) is 0 Å². The lowest BCUT2D eigenvalue weighted by atomic mass is 10.2. The van der Waals surface area contributed by atoms with E-state index in [1.54, 1.807) is 22.7 Å². The number of anilines is 1. The summed E-state index contributed by atoms with van der Waals surface area (Å²) >= 11 is 0. The Morgan fingerprint density at radius 1 is 1.56 bits per heavy atom. The van der Waals surface area contributed by atoms with Crippen LogP contribution in [0.4, 0.5) is 5.82 Å². The van der Waals surface area contributed by atoms with Crippen LogP contribution >= 0.6 is 0 Å². The highest BCUT2D eigenvalue weighted by Gasteiger charge is 2.46. The molecule has 0 spiro atoms. The Labute approximate surface area is 104 Å². The van der Waals surface area contributed by atoms with E-state index in [0.29, 0.717) is 17.5 Å². The summed E-state index contributed by atoms with van der Waals surface area (Å²) in [5, 5.41) is 12.5. The first kappa shape index (κ1) is 11.1. The van der Waals surface area contributed by atoms with Gasteiger partial charge in [0.05, 0.1) is 0 Å². The lowest BCUT2D eigenvalue weighted by molar-refractivity contribution is 0.0690. The SMILES string of the molecule is CC1(C)CC1Nc1nc2ccccn2c1C(=O)O. The van der Waals surface area contributed by atoms with Crippen molar-refractivity contribution in [2.75, 3.05) is 5.32 Å². The number of pyridine rings is 1. The van der Waals surface area contributed by atoms with Crippen molar-refractivity contribution in [2.45, 2.75) is 26.3 Å². The van der Waals surface area contributed by atoms with Crippen LogP contribution in [-0.2, 0) is 0 Å². The number of rotatable bonds is 3. The van der Waals surface area contributed by atoms with Gasteiger partial charge in [-0.15, -0.1) is 0 Å². The van der Waals surface area contributed by atoms with E-state index in [1.807, 2.05) is 6.07 Å². The number of hydrogen-bond acceptors (Lipinski definition) is 3. The number of carboxylic acids is 1. The van der Waals surface area contributed by atoms with Crippen LogP contribution in [0.3, 0.4) is 0 Å². The number of aromatic nitrogens is 2. The molecule has 0 radical (unpaired) electrons. The third kappa shape index (κ3) is 1.63. The van der Waals surface area contributed by atoms with Gasteiger partial charge in [0.2, 0.25) is 0 Å². The molecule has 0 amide bonds. The van der Waals surface area contributed by atoms with E-state index in [4.69, 9.17) is 0 Å². The molecule has 0 saturated heterocycles. The number of hydrogen-bond donors (Lipinski definition) is 2. The highest BCUT2D eigenvalue weighted by molar-refractivity contribution is 5.93. The van der Waals surface area contributed by atoms with Gasteiger partial charge in [-0.3, -0.25) is 4.40 Å². The average molecular weight is 245 g/mol. The average Bonchev–Trinajstić information content (AvgIpc) is 2.73. The maximum absolute atomic E-state index is 11.4. The van der Waals surface area contributed by atoms with E-state index in [1.165, 1.54) is 0 Å². The van der Waals surface area contributed by atoms with Gasteiger partial charge in [-0.2, -0.15) is 0 Å². The predicted molar refractivity (Wildman–Crippen MR) is 68.0 cm³/mol. The van der Waals surface area contributed by atoms with Crippen molar-refractivity contribution in [2.24, 2.45) is 5.41 Å². The van der Waals surface area contributed by atoms with Crippen LogP contribution < -0.4 is 5.32 Å². The van der Waals surface area contributed by atoms with E-state index in [-0.39, 0.29) is 11.1 Å². The highest BCUT2D eigenvalue weighted by Crippen LogP contribution is 2.46. The number of nitrogens with zero attached hydrogens (tertiary/aromatic N) is 2. The number of nitrogens with one attached hydrogen (secondary N) is 1. The van der Waals surface area contributed by atoms with Crippen molar-refractivity contribution in [3.63, 3.8) is 0 Å². The van der Waals surface area contributed by atoms with Crippen LogP contribution in [-0.4, -0.2) is 26.5 Å². The van der Waals surface area contributed by atoms with Gasteiger partial charge in [0.1, 0.15) is 5.65 Å². The molecule has 1 aliphatic rings. The summed E-state index contributed by atoms with van der Waals surface area (Å²) in [6, 6.07) is 5.75. The van der Waals surface area contributed by atoms with E-state index < -0.39 is 5.97 Å². The zero-order chi connectivity index (χ0) is 12.9. The van der Waals surface area contributed by atoms with Crippen LogP contribution in [0.25, 0.3) is 5.65 Å². The lowest BCUT2D eigenvalue weighted by Crippen LogP contribution is -2.12. The summed E-state index contributed by atoms with van der Waals surface area (Å²) in [7, 11) is 0. The molecule has 2 aromatic heterocycles. The first-order valence-corrected chi connectivity index (χ1v) is 5.96. The molecule has 18 heavy (non-hydrogen) atoms. The van der Waals surface area contributed by atoms with Crippen LogP contribution in [0, 0.1) is 5.41 Å². The minimum Gasteiger partial charge on any atom is -0.476 e. The number of carbonyl (C=O) groups is 1. The Morgan fingerprint density at radius 3 is 2.89 bits per heavy atom. The minimum atomic E-state index is -0.963. The number of carboxylic acid groups (broad SMARTS) is 1. The smallest absolute Gasteiger partial charge is 0.356 e. The Morgan fingerprint density at radius 2 is 2.28 bits per heavy atom. The Bertz CT molecular complexity index is 630. The van der Waals surface area contributed by atoms with Crippen LogP contribution in [0.15, 0.2) is 24.4 Å². The zero-order valence-corrected chi connectivity index (χ0v) is 10.3. The molecule has 0 bridgehead atoms. The van der Waals surface area contributed by atoms with Gasteiger partial charge in [0.25, 0.3) is 0 Å². The van der Waals surface area contributed by atoms with Crippen LogP contribution in [0.1, 0.15) is 30.8 Å². The second-order valence-corrected chi connectivity index (χ2v) is 5.43.